The second-order valence-electron chi connectivity index (χ2n) is 6.73. The molecule has 142 valence electrons. The van der Waals surface area contributed by atoms with E-state index >= 15 is 0 Å². The monoisotopic (exact) mass is 373 g/mol. The number of rotatable bonds is 5. The molecule has 8 nitrogen and oxygen atoms in total. The quantitative estimate of drug-likeness (QED) is 0.433. The Labute approximate surface area is 155 Å². The van der Waals surface area contributed by atoms with E-state index in [0.29, 0.717) is 17.2 Å². The molecule has 0 aliphatic carbocycles. The average Bonchev–Trinajstić information content (AvgIpc) is 3.30. The highest BCUT2D eigenvalue weighted by atomic mass is 16.6. The average molecular weight is 373 g/mol. The molecule has 2 fully saturated rings. The van der Waals surface area contributed by atoms with Crippen molar-refractivity contribution in [2.45, 2.75) is 18.6 Å². The smallest absolute Gasteiger partial charge is 0.302 e. The first-order valence-corrected chi connectivity index (χ1v) is 8.52. The molecule has 3 heterocycles. The van der Waals surface area contributed by atoms with Gasteiger partial charge in [0.15, 0.2) is 0 Å². The molecule has 1 aromatic rings. The number of fused-ring (bicyclic) bond motifs is 5. The summed E-state index contributed by atoms with van der Waals surface area (Å²) in [5.41, 5.74) is -0.794. The third kappa shape index (κ3) is 2.43. The summed E-state index contributed by atoms with van der Waals surface area (Å²) < 4.78 is 21.6. The van der Waals surface area contributed by atoms with Crippen LogP contribution in [0.5, 0.6) is 11.5 Å². The van der Waals surface area contributed by atoms with Crippen LogP contribution in [0.4, 0.5) is 5.69 Å². The van der Waals surface area contributed by atoms with Crippen LogP contribution >= 0.6 is 0 Å². The second-order valence-corrected chi connectivity index (χ2v) is 6.73. The van der Waals surface area contributed by atoms with E-state index in [1.165, 1.54) is 21.1 Å². The van der Waals surface area contributed by atoms with Crippen LogP contribution in [-0.4, -0.2) is 50.3 Å². The summed E-state index contributed by atoms with van der Waals surface area (Å²) in [5, 5.41) is 0. The summed E-state index contributed by atoms with van der Waals surface area (Å²) in [6, 6.07) is 4.91. The Balaban J connectivity index is 1.73. The Morgan fingerprint density at radius 2 is 2.00 bits per heavy atom. The van der Waals surface area contributed by atoms with Gasteiger partial charge in [-0.3, -0.25) is 14.4 Å². The lowest BCUT2D eigenvalue weighted by molar-refractivity contribution is -0.150. The highest BCUT2D eigenvalue weighted by molar-refractivity contribution is 6.24. The van der Waals surface area contributed by atoms with Crippen molar-refractivity contribution in [3.8, 4) is 11.5 Å². The van der Waals surface area contributed by atoms with Crippen LogP contribution in [0.2, 0.25) is 0 Å². The molecule has 0 saturated carbocycles. The molecular formula is C19H19NO7. The molecule has 4 rings (SSSR count). The molecule has 0 N–H and O–H groups in total. The number of esters is 1. The molecular weight excluding hydrogens is 354 g/mol. The molecule has 8 heteroatoms. The summed E-state index contributed by atoms with van der Waals surface area (Å²) in [6.07, 6.45) is 2.95. The normalized spacial score (nSPS) is 30.6. The van der Waals surface area contributed by atoms with E-state index in [1.54, 1.807) is 30.4 Å². The summed E-state index contributed by atoms with van der Waals surface area (Å²) in [5.74, 6) is -1.78. The van der Waals surface area contributed by atoms with Crippen LogP contribution in [0.25, 0.3) is 0 Å². The summed E-state index contributed by atoms with van der Waals surface area (Å²) in [6.45, 7) is 1.17. The van der Waals surface area contributed by atoms with Gasteiger partial charge in [-0.1, -0.05) is 6.08 Å². The predicted octanol–water partition coefficient (Wildman–Crippen LogP) is 1.08. The summed E-state index contributed by atoms with van der Waals surface area (Å²) in [4.78, 5) is 38.8. The van der Waals surface area contributed by atoms with Gasteiger partial charge in [-0.15, -0.1) is 0 Å². The van der Waals surface area contributed by atoms with Gasteiger partial charge in [0, 0.05) is 13.0 Å². The Bertz CT molecular complexity index is 864. The van der Waals surface area contributed by atoms with E-state index in [4.69, 9.17) is 18.9 Å². The third-order valence-corrected chi connectivity index (χ3v) is 5.28. The van der Waals surface area contributed by atoms with Gasteiger partial charge in [-0.2, -0.15) is 0 Å². The fourth-order valence-electron chi connectivity index (χ4n) is 4.09. The van der Waals surface area contributed by atoms with Gasteiger partial charge in [-0.25, -0.2) is 4.90 Å². The highest BCUT2D eigenvalue weighted by Crippen LogP contribution is 2.53. The SMILES string of the molecule is COc1ccc(OC)c(N2C(=O)[C@@H]3[C@H]4C=C[C@@](COC(C)=O)(O4)[C@H]3C2=O)c1. The number of amides is 2. The number of hydrogen-bond donors (Lipinski definition) is 0. The second kappa shape index (κ2) is 6.09. The summed E-state index contributed by atoms with van der Waals surface area (Å²) in [7, 11) is 2.97. The topological polar surface area (TPSA) is 91.4 Å². The third-order valence-electron chi connectivity index (χ3n) is 5.28. The zero-order chi connectivity index (χ0) is 19.3. The maximum absolute atomic E-state index is 13.3. The first kappa shape index (κ1) is 17.5. The maximum atomic E-state index is 13.3. The van der Waals surface area contributed by atoms with Crippen LogP contribution in [0.15, 0.2) is 30.4 Å². The fourth-order valence-corrected chi connectivity index (χ4v) is 4.09. The molecule has 0 spiro atoms. The fraction of sp³-hybridized carbons (Fsp3) is 0.421. The molecule has 27 heavy (non-hydrogen) atoms. The number of ether oxygens (including phenoxy) is 4. The van der Waals surface area contributed by atoms with E-state index < -0.39 is 35.4 Å². The van der Waals surface area contributed by atoms with Gasteiger partial charge in [0.1, 0.15) is 23.7 Å². The Morgan fingerprint density at radius 3 is 2.67 bits per heavy atom. The lowest BCUT2D eigenvalue weighted by Crippen LogP contribution is -2.44. The van der Waals surface area contributed by atoms with Crippen molar-refractivity contribution in [2.24, 2.45) is 11.8 Å². The van der Waals surface area contributed by atoms with E-state index in [1.807, 2.05) is 0 Å². The number of hydrogen-bond acceptors (Lipinski definition) is 7. The molecule has 2 saturated heterocycles. The number of anilines is 1. The first-order valence-electron chi connectivity index (χ1n) is 8.52. The molecule has 1 aromatic carbocycles. The van der Waals surface area contributed by atoms with Gasteiger partial charge in [0.2, 0.25) is 11.8 Å². The van der Waals surface area contributed by atoms with E-state index in [9.17, 15) is 14.4 Å². The molecule has 3 aliphatic rings. The van der Waals surface area contributed by atoms with E-state index in [2.05, 4.69) is 0 Å². The zero-order valence-corrected chi connectivity index (χ0v) is 15.1. The van der Waals surface area contributed by atoms with Crippen LogP contribution in [-0.2, 0) is 23.9 Å². The zero-order valence-electron chi connectivity index (χ0n) is 15.1. The largest absolute Gasteiger partial charge is 0.497 e. The lowest BCUT2D eigenvalue weighted by Gasteiger charge is -2.28. The minimum absolute atomic E-state index is 0.112. The van der Waals surface area contributed by atoms with Crippen LogP contribution < -0.4 is 14.4 Å². The van der Waals surface area contributed by atoms with Crippen molar-refractivity contribution in [1.82, 2.24) is 0 Å². The highest BCUT2D eigenvalue weighted by Gasteiger charge is 2.68. The first-order chi connectivity index (χ1) is 12.9. The molecule has 4 atom stereocenters. The number of carbonyl (C=O) groups is 3. The predicted molar refractivity (Wildman–Crippen MR) is 92.4 cm³/mol. The number of imide groups is 1. The van der Waals surface area contributed by atoms with Crippen molar-refractivity contribution < 1.29 is 33.3 Å². The molecule has 0 unspecified atom stereocenters. The van der Waals surface area contributed by atoms with E-state index in [-0.39, 0.29) is 12.5 Å². The number of carbonyl (C=O) groups excluding carboxylic acids is 3. The molecule has 2 amide bonds. The van der Waals surface area contributed by atoms with Gasteiger partial charge in [-0.05, 0) is 18.2 Å². The molecule has 0 aromatic heterocycles. The Morgan fingerprint density at radius 1 is 1.22 bits per heavy atom. The van der Waals surface area contributed by atoms with Crippen LogP contribution in [0.1, 0.15) is 6.92 Å². The van der Waals surface area contributed by atoms with Gasteiger partial charge in [0.05, 0.1) is 37.8 Å². The number of nitrogens with zero attached hydrogens (tertiary/aromatic N) is 1. The lowest BCUT2D eigenvalue weighted by atomic mass is 9.77. The Hall–Kier alpha value is -2.87. The molecule has 0 radical (unpaired) electrons. The van der Waals surface area contributed by atoms with E-state index in [0.717, 1.165) is 4.90 Å². The van der Waals surface area contributed by atoms with Crippen molar-refractivity contribution in [2.75, 3.05) is 25.7 Å². The van der Waals surface area contributed by atoms with Crippen LogP contribution in [0.3, 0.4) is 0 Å². The van der Waals surface area contributed by atoms with Crippen molar-refractivity contribution >= 4 is 23.5 Å². The number of benzene rings is 1. The molecule has 2 bridgehead atoms. The van der Waals surface area contributed by atoms with Crippen molar-refractivity contribution in [1.29, 1.82) is 0 Å². The van der Waals surface area contributed by atoms with Crippen molar-refractivity contribution in [3.63, 3.8) is 0 Å². The number of methoxy groups -OCH3 is 2. The van der Waals surface area contributed by atoms with Gasteiger partial charge >= 0.3 is 5.97 Å². The molecule has 3 aliphatic heterocycles. The maximum Gasteiger partial charge on any atom is 0.302 e. The van der Waals surface area contributed by atoms with Crippen LogP contribution in [0, 0.1) is 11.8 Å². The van der Waals surface area contributed by atoms with Crippen molar-refractivity contribution in [3.05, 3.63) is 30.4 Å². The van der Waals surface area contributed by atoms with Gasteiger partial charge < -0.3 is 18.9 Å². The summed E-state index contributed by atoms with van der Waals surface area (Å²) >= 11 is 0. The minimum Gasteiger partial charge on any atom is -0.497 e. The minimum atomic E-state index is -1.12. The Kier molecular flexibility index (Phi) is 3.96. The standard InChI is InChI=1S/C19H19NO7/c1-10(21)26-9-19-7-6-14(27-19)15-16(19)18(23)20(17(15)22)12-8-11(24-2)4-5-13(12)25-3/h4-8,14-16H,9H2,1-3H3/t14-,15-,16-,19+/m1/s1. The van der Waals surface area contributed by atoms with Gasteiger partial charge in [0.25, 0.3) is 0 Å².